The van der Waals surface area contributed by atoms with Gasteiger partial charge in [-0.2, -0.15) is 13.2 Å². The summed E-state index contributed by atoms with van der Waals surface area (Å²) in [6.07, 6.45) is -0.969. The number of carboxylic acids is 1. The third-order valence-corrected chi connectivity index (χ3v) is 6.26. The predicted molar refractivity (Wildman–Crippen MR) is 131 cm³/mol. The quantitative estimate of drug-likeness (QED) is 0.273. The van der Waals surface area contributed by atoms with Gasteiger partial charge in [0.15, 0.2) is 0 Å². The summed E-state index contributed by atoms with van der Waals surface area (Å²) in [5.41, 5.74) is -0.0559. The minimum absolute atomic E-state index is 0.115. The minimum atomic E-state index is -4.49. The van der Waals surface area contributed by atoms with Gasteiger partial charge in [0.05, 0.1) is 27.6 Å². The van der Waals surface area contributed by atoms with E-state index in [0.29, 0.717) is 42.1 Å². The smallest absolute Gasteiger partial charge is 0.416 e. The Morgan fingerprint density at radius 1 is 1.05 bits per heavy atom. The van der Waals surface area contributed by atoms with Crippen LogP contribution in [0.15, 0.2) is 48.8 Å². The molecule has 0 amide bonds. The summed E-state index contributed by atoms with van der Waals surface area (Å²) in [6.45, 7) is 6.29. The van der Waals surface area contributed by atoms with Gasteiger partial charge in [-0.15, -0.1) is 0 Å². The Balaban J connectivity index is 1.54. The third-order valence-electron chi connectivity index (χ3n) is 6.26. The average molecular weight is 516 g/mol. The second-order valence-electron chi connectivity index (χ2n) is 9.30. The molecule has 7 nitrogen and oxygen atoms in total. The van der Waals surface area contributed by atoms with Crippen molar-refractivity contribution in [2.24, 2.45) is 5.41 Å². The number of aromatic nitrogens is 4. The highest BCUT2D eigenvalue weighted by molar-refractivity contribution is 5.81. The molecule has 2 aromatic carbocycles. The Morgan fingerprint density at radius 2 is 1.76 bits per heavy atom. The number of H-pyrrole nitrogens is 1. The number of alkyl halides is 3. The summed E-state index contributed by atoms with van der Waals surface area (Å²) in [6, 6.07) is 7.55. The Hall–Kier alpha value is -4.02. The van der Waals surface area contributed by atoms with E-state index in [1.807, 2.05) is 11.8 Å². The number of nitrogens with zero attached hydrogens (tertiary/aromatic N) is 4. The van der Waals surface area contributed by atoms with E-state index in [9.17, 15) is 23.1 Å². The fraction of sp³-hybridized carbons (Fsp3) is 0.308. The number of aliphatic carboxylic acids is 1. The second kappa shape index (κ2) is 9.79. The standard InChI is InChI=1S/C26H25F4N5O2/c1-4-35(10-9-25(2,3)23(36)37)24-31-13-16(14-32-24)15-5-7-18(19(27)11-15)22-33-20-8-6-17(26(28,29)30)12-21(20)34-22/h5-8,11-14H,4,9-10H2,1-3H3,(H,33,34)(H,36,37). The van der Waals surface area contributed by atoms with Crippen LogP contribution in [0.25, 0.3) is 33.5 Å². The average Bonchev–Trinajstić information content (AvgIpc) is 3.27. The van der Waals surface area contributed by atoms with Crippen LogP contribution in [0.5, 0.6) is 0 Å². The van der Waals surface area contributed by atoms with Crippen LogP contribution in [0.1, 0.15) is 32.8 Å². The van der Waals surface area contributed by atoms with E-state index in [0.717, 1.165) is 12.1 Å². The number of anilines is 1. The molecule has 0 aliphatic heterocycles. The molecule has 0 fully saturated rings. The van der Waals surface area contributed by atoms with Crippen molar-refractivity contribution < 1.29 is 27.5 Å². The van der Waals surface area contributed by atoms with Gasteiger partial charge in [0.1, 0.15) is 11.6 Å². The van der Waals surface area contributed by atoms with E-state index in [1.165, 1.54) is 18.2 Å². The topological polar surface area (TPSA) is 95.0 Å². The van der Waals surface area contributed by atoms with Crippen molar-refractivity contribution in [2.45, 2.75) is 33.4 Å². The van der Waals surface area contributed by atoms with Gasteiger partial charge in [-0.1, -0.05) is 6.07 Å². The van der Waals surface area contributed by atoms with Crippen LogP contribution in [0.2, 0.25) is 0 Å². The number of imidazole rings is 1. The Bertz CT molecular complexity index is 1430. The summed E-state index contributed by atoms with van der Waals surface area (Å²) in [7, 11) is 0. The van der Waals surface area contributed by atoms with Gasteiger partial charge in [-0.25, -0.2) is 19.3 Å². The second-order valence-corrected chi connectivity index (χ2v) is 9.30. The van der Waals surface area contributed by atoms with Gasteiger partial charge < -0.3 is 15.0 Å². The normalized spacial score (nSPS) is 12.2. The number of fused-ring (bicyclic) bond motifs is 1. The highest BCUT2D eigenvalue weighted by Gasteiger charge is 2.31. The Kier molecular flexibility index (Phi) is 6.90. The third kappa shape index (κ3) is 5.55. The molecule has 37 heavy (non-hydrogen) atoms. The number of nitrogens with one attached hydrogen (secondary N) is 1. The molecule has 0 aliphatic carbocycles. The van der Waals surface area contributed by atoms with Crippen LogP contribution in [0, 0.1) is 11.2 Å². The first-order valence-electron chi connectivity index (χ1n) is 11.6. The number of benzene rings is 2. The molecule has 0 saturated carbocycles. The molecule has 11 heteroatoms. The molecule has 2 heterocycles. The molecule has 0 bridgehead atoms. The molecule has 2 aromatic heterocycles. The fourth-order valence-corrected chi connectivity index (χ4v) is 3.75. The van der Waals surface area contributed by atoms with Crippen molar-refractivity contribution in [1.29, 1.82) is 0 Å². The molecule has 0 aliphatic rings. The van der Waals surface area contributed by atoms with E-state index in [1.54, 1.807) is 32.3 Å². The number of hydrogen-bond acceptors (Lipinski definition) is 5. The lowest BCUT2D eigenvalue weighted by molar-refractivity contribution is -0.147. The molecule has 0 radical (unpaired) electrons. The van der Waals surface area contributed by atoms with Crippen LogP contribution >= 0.6 is 0 Å². The molecule has 0 unspecified atom stereocenters. The summed E-state index contributed by atoms with van der Waals surface area (Å²) in [4.78, 5) is 29.0. The van der Waals surface area contributed by atoms with Crippen molar-refractivity contribution >= 4 is 23.0 Å². The lowest BCUT2D eigenvalue weighted by Gasteiger charge is -2.25. The largest absolute Gasteiger partial charge is 0.481 e. The molecule has 4 rings (SSSR count). The summed E-state index contributed by atoms with van der Waals surface area (Å²) < 4.78 is 54.0. The minimum Gasteiger partial charge on any atom is -0.481 e. The number of halogens is 4. The Labute approximate surface area is 210 Å². The van der Waals surface area contributed by atoms with Crippen LogP contribution in [0.3, 0.4) is 0 Å². The summed E-state index contributed by atoms with van der Waals surface area (Å²) in [5, 5.41) is 9.32. The zero-order valence-electron chi connectivity index (χ0n) is 20.4. The van der Waals surface area contributed by atoms with Crippen LogP contribution < -0.4 is 4.90 Å². The number of hydrogen-bond donors (Lipinski definition) is 2. The predicted octanol–water partition coefficient (Wildman–Crippen LogP) is 6.17. The molecular formula is C26H25F4N5O2. The van der Waals surface area contributed by atoms with E-state index in [2.05, 4.69) is 19.9 Å². The van der Waals surface area contributed by atoms with Crippen LogP contribution in [0.4, 0.5) is 23.5 Å². The zero-order valence-corrected chi connectivity index (χ0v) is 20.4. The maximum atomic E-state index is 15.0. The Morgan fingerprint density at radius 3 is 2.35 bits per heavy atom. The zero-order chi connectivity index (χ0) is 27.0. The van der Waals surface area contributed by atoms with Crippen molar-refractivity contribution in [3.63, 3.8) is 0 Å². The molecule has 0 spiro atoms. The molecule has 4 aromatic rings. The van der Waals surface area contributed by atoms with Gasteiger partial charge in [-0.3, -0.25) is 4.79 Å². The van der Waals surface area contributed by atoms with Gasteiger partial charge in [0.2, 0.25) is 5.95 Å². The number of aromatic amines is 1. The number of rotatable bonds is 8. The summed E-state index contributed by atoms with van der Waals surface area (Å²) in [5.74, 6) is -0.931. The van der Waals surface area contributed by atoms with Crippen molar-refractivity contribution in [1.82, 2.24) is 19.9 Å². The van der Waals surface area contributed by atoms with Gasteiger partial charge in [0, 0.05) is 31.0 Å². The van der Waals surface area contributed by atoms with E-state index < -0.39 is 28.9 Å². The molecule has 0 atom stereocenters. The first kappa shape index (κ1) is 26.1. The lowest BCUT2D eigenvalue weighted by Crippen LogP contribution is -2.33. The lowest BCUT2D eigenvalue weighted by atomic mass is 9.89. The van der Waals surface area contributed by atoms with Crippen LogP contribution in [-0.4, -0.2) is 44.1 Å². The van der Waals surface area contributed by atoms with E-state index in [4.69, 9.17) is 0 Å². The molecular weight excluding hydrogens is 490 g/mol. The number of carboxylic acid groups (broad SMARTS) is 1. The van der Waals surface area contributed by atoms with Gasteiger partial charge >= 0.3 is 12.1 Å². The number of carbonyl (C=O) groups is 1. The van der Waals surface area contributed by atoms with E-state index in [-0.39, 0.29) is 16.9 Å². The highest BCUT2D eigenvalue weighted by Crippen LogP contribution is 2.33. The van der Waals surface area contributed by atoms with E-state index >= 15 is 4.39 Å². The van der Waals surface area contributed by atoms with Crippen LogP contribution in [-0.2, 0) is 11.0 Å². The maximum absolute atomic E-state index is 15.0. The first-order valence-corrected chi connectivity index (χ1v) is 11.6. The van der Waals surface area contributed by atoms with Gasteiger partial charge in [-0.05, 0) is 63.1 Å². The molecule has 2 N–H and O–H groups in total. The maximum Gasteiger partial charge on any atom is 0.416 e. The van der Waals surface area contributed by atoms with Crippen molar-refractivity contribution in [2.75, 3.05) is 18.0 Å². The fourth-order valence-electron chi connectivity index (χ4n) is 3.75. The molecule has 0 saturated heterocycles. The van der Waals surface area contributed by atoms with Gasteiger partial charge in [0.25, 0.3) is 0 Å². The van der Waals surface area contributed by atoms with Crippen molar-refractivity contribution in [3.05, 3.63) is 60.2 Å². The monoisotopic (exact) mass is 515 g/mol. The highest BCUT2D eigenvalue weighted by atomic mass is 19.4. The summed E-state index contributed by atoms with van der Waals surface area (Å²) >= 11 is 0. The van der Waals surface area contributed by atoms with Crippen molar-refractivity contribution in [3.8, 4) is 22.5 Å². The molecule has 194 valence electrons. The SMILES string of the molecule is CCN(CCC(C)(C)C(=O)O)c1ncc(-c2ccc(-c3nc4ccc(C(F)(F)F)cc4[nH]3)c(F)c2)cn1. The first-order chi connectivity index (χ1) is 17.4.